The van der Waals surface area contributed by atoms with E-state index in [1.54, 1.807) is 12.1 Å². The van der Waals surface area contributed by atoms with Gasteiger partial charge in [0, 0.05) is 18.8 Å². The fraction of sp³-hybridized carbons (Fsp3) is 0.385. The number of carbonyl (C=O) groups is 2. The number of aromatic carboxylic acids is 1. The molecular formula is C13H17N3O3. The first-order valence-corrected chi connectivity index (χ1v) is 6.16. The van der Waals surface area contributed by atoms with Gasteiger partial charge in [0.15, 0.2) is 0 Å². The van der Waals surface area contributed by atoms with E-state index in [1.807, 2.05) is 4.90 Å². The van der Waals surface area contributed by atoms with Crippen LogP contribution in [0.15, 0.2) is 18.2 Å². The van der Waals surface area contributed by atoms with Crippen LogP contribution >= 0.6 is 0 Å². The Bertz CT molecular complexity index is 516. The maximum Gasteiger partial charge on any atom is 0.337 e. The number of piperidine rings is 1. The average molecular weight is 263 g/mol. The summed E-state index contributed by atoms with van der Waals surface area (Å²) in [5.74, 6) is -1.58. The van der Waals surface area contributed by atoms with Crippen LogP contribution in [0.1, 0.15) is 23.2 Å². The van der Waals surface area contributed by atoms with Gasteiger partial charge in [0.2, 0.25) is 5.91 Å². The summed E-state index contributed by atoms with van der Waals surface area (Å²) < 4.78 is 0. The zero-order chi connectivity index (χ0) is 14.0. The lowest BCUT2D eigenvalue weighted by Gasteiger charge is -2.33. The Kier molecular flexibility index (Phi) is 3.59. The molecule has 1 aromatic carbocycles. The number of benzene rings is 1. The van der Waals surface area contributed by atoms with E-state index in [1.165, 1.54) is 6.07 Å². The predicted molar refractivity (Wildman–Crippen MR) is 71.9 cm³/mol. The van der Waals surface area contributed by atoms with Gasteiger partial charge < -0.3 is 21.5 Å². The molecule has 1 fully saturated rings. The Hall–Kier alpha value is -2.24. The van der Waals surface area contributed by atoms with Gasteiger partial charge in [-0.05, 0) is 31.0 Å². The first kappa shape index (κ1) is 13.2. The van der Waals surface area contributed by atoms with E-state index in [2.05, 4.69) is 0 Å². The summed E-state index contributed by atoms with van der Waals surface area (Å²) in [7, 11) is 0. The highest BCUT2D eigenvalue weighted by Gasteiger charge is 2.26. The van der Waals surface area contributed by atoms with Crippen molar-refractivity contribution in [1.29, 1.82) is 0 Å². The minimum atomic E-state index is -1.00. The van der Waals surface area contributed by atoms with E-state index in [-0.39, 0.29) is 17.4 Å². The van der Waals surface area contributed by atoms with Crippen LogP contribution in [-0.2, 0) is 4.79 Å². The van der Waals surface area contributed by atoms with Crippen LogP contribution in [0.25, 0.3) is 0 Å². The molecular weight excluding hydrogens is 246 g/mol. The number of primary amides is 1. The maximum absolute atomic E-state index is 11.3. The van der Waals surface area contributed by atoms with Gasteiger partial charge in [0.25, 0.3) is 0 Å². The summed E-state index contributed by atoms with van der Waals surface area (Å²) in [5, 5.41) is 9.20. The molecule has 0 aliphatic carbocycles. The monoisotopic (exact) mass is 263 g/mol. The highest BCUT2D eigenvalue weighted by molar-refractivity contribution is 5.95. The summed E-state index contributed by atoms with van der Waals surface area (Å²) in [5.41, 5.74) is 12.3. The van der Waals surface area contributed by atoms with Crippen molar-refractivity contribution in [3.63, 3.8) is 0 Å². The summed E-state index contributed by atoms with van der Waals surface area (Å²) >= 11 is 0. The molecule has 0 saturated carbocycles. The number of carbonyl (C=O) groups excluding carboxylic acids is 1. The van der Waals surface area contributed by atoms with Gasteiger partial charge >= 0.3 is 5.97 Å². The van der Waals surface area contributed by atoms with Crippen LogP contribution in [-0.4, -0.2) is 30.1 Å². The maximum atomic E-state index is 11.3. The minimum Gasteiger partial charge on any atom is -0.478 e. The second-order valence-corrected chi connectivity index (χ2v) is 4.77. The molecule has 1 aromatic rings. The van der Waals surface area contributed by atoms with Crippen LogP contribution in [0.4, 0.5) is 11.4 Å². The molecule has 1 amide bonds. The number of nitrogens with zero attached hydrogens (tertiary/aromatic N) is 1. The number of amides is 1. The Balaban J connectivity index is 2.32. The zero-order valence-corrected chi connectivity index (χ0v) is 10.5. The Morgan fingerprint density at radius 1 is 1.37 bits per heavy atom. The Morgan fingerprint density at radius 3 is 2.74 bits per heavy atom. The number of hydrogen-bond acceptors (Lipinski definition) is 4. The number of nitrogens with two attached hydrogens (primary N) is 2. The first-order chi connectivity index (χ1) is 8.99. The molecule has 1 saturated heterocycles. The van der Waals surface area contributed by atoms with Crippen molar-refractivity contribution in [2.24, 2.45) is 11.7 Å². The molecule has 19 heavy (non-hydrogen) atoms. The minimum absolute atomic E-state index is 0.194. The first-order valence-electron chi connectivity index (χ1n) is 6.16. The molecule has 6 heteroatoms. The van der Waals surface area contributed by atoms with Gasteiger partial charge in [0.05, 0.1) is 17.2 Å². The molecule has 102 valence electrons. The number of carboxylic acid groups (broad SMARTS) is 1. The number of hydrogen-bond donors (Lipinski definition) is 3. The second-order valence-electron chi connectivity index (χ2n) is 4.77. The van der Waals surface area contributed by atoms with Crippen molar-refractivity contribution in [3.8, 4) is 0 Å². The summed E-state index contributed by atoms with van der Waals surface area (Å²) in [6.07, 6.45) is 1.55. The molecule has 1 aliphatic rings. The van der Waals surface area contributed by atoms with Crippen molar-refractivity contribution in [1.82, 2.24) is 0 Å². The van der Waals surface area contributed by atoms with Crippen LogP contribution in [0.2, 0.25) is 0 Å². The SMILES string of the molecule is NC(=O)C1CCCN(c2cc(N)ccc2C(=O)O)C1. The van der Waals surface area contributed by atoms with Crippen LogP contribution < -0.4 is 16.4 Å². The normalized spacial score (nSPS) is 19.2. The van der Waals surface area contributed by atoms with E-state index < -0.39 is 5.97 Å². The number of carboxylic acids is 1. The van der Waals surface area contributed by atoms with Gasteiger partial charge in [0.1, 0.15) is 0 Å². The van der Waals surface area contributed by atoms with E-state index in [9.17, 15) is 14.7 Å². The summed E-state index contributed by atoms with van der Waals surface area (Å²) in [4.78, 5) is 24.4. The molecule has 1 unspecified atom stereocenters. The largest absolute Gasteiger partial charge is 0.478 e. The molecule has 0 spiro atoms. The van der Waals surface area contributed by atoms with Crippen molar-refractivity contribution in [3.05, 3.63) is 23.8 Å². The molecule has 5 N–H and O–H groups in total. The van der Waals surface area contributed by atoms with Gasteiger partial charge in [-0.1, -0.05) is 0 Å². The fourth-order valence-electron chi connectivity index (χ4n) is 2.42. The van der Waals surface area contributed by atoms with Gasteiger partial charge in [-0.3, -0.25) is 4.79 Å². The highest BCUT2D eigenvalue weighted by Crippen LogP contribution is 2.28. The van der Waals surface area contributed by atoms with Gasteiger partial charge in [-0.2, -0.15) is 0 Å². The molecule has 0 aromatic heterocycles. The van der Waals surface area contributed by atoms with Crippen molar-refractivity contribution >= 4 is 23.3 Å². The third kappa shape index (κ3) is 2.78. The second kappa shape index (κ2) is 5.17. The summed E-state index contributed by atoms with van der Waals surface area (Å²) in [6.45, 7) is 1.15. The van der Waals surface area contributed by atoms with E-state index in [0.29, 0.717) is 24.5 Å². The molecule has 0 radical (unpaired) electrons. The third-order valence-corrected chi connectivity index (χ3v) is 3.42. The lowest BCUT2D eigenvalue weighted by atomic mass is 9.96. The third-order valence-electron chi connectivity index (χ3n) is 3.42. The number of nitrogen functional groups attached to an aromatic ring is 1. The van der Waals surface area contributed by atoms with Crippen LogP contribution in [0.3, 0.4) is 0 Å². The molecule has 6 nitrogen and oxygen atoms in total. The van der Waals surface area contributed by atoms with Crippen LogP contribution in [0.5, 0.6) is 0 Å². The average Bonchev–Trinajstić information content (AvgIpc) is 2.38. The topological polar surface area (TPSA) is 110 Å². The summed E-state index contributed by atoms with van der Waals surface area (Å²) in [6, 6.07) is 4.68. The lowest BCUT2D eigenvalue weighted by molar-refractivity contribution is -0.122. The molecule has 1 aliphatic heterocycles. The number of anilines is 2. The van der Waals surface area contributed by atoms with Crippen molar-refractivity contribution < 1.29 is 14.7 Å². The lowest BCUT2D eigenvalue weighted by Crippen LogP contribution is -2.41. The molecule has 2 rings (SSSR count). The Labute approximate surface area is 111 Å². The predicted octanol–water partition coefficient (Wildman–Crippen LogP) is 0.669. The standard InChI is InChI=1S/C13H17N3O3/c14-9-3-4-10(13(18)19)11(6-9)16-5-1-2-8(7-16)12(15)17/h3-4,6,8H,1-2,5,7,14H2,(H2,15,17)(H,18,19). The van der Waals surface area contributed by atoms with Crippen LogP contribution in [0, 0.1) is 5.92 Å². The molecule has 1 atom stereocenters. The highest BCUT2D eigenvalue weighted by atomic mass is 16.4. The Morgan fingerprint density at radius 2 is 2.11 bits per heavy atom. The fourth-order valence-corrected chi connectivity index (χ4v) is 2.42. The molecule has 1 heterocycles. The van der Waals surface area contributed by atoms with Crippen molar-refractivity contribution in [2.45, 2.75) is 12.8 Å². The van der Waals surface area contributed by atoms with Gasteiger partial charge in [-0.25, -0.2) is 4.79 Å². The quantitative estimate of drug-likeness (QED) is 0.694. The van der Waals surface area contributed by atoms with Crippen molar-refractivity contribution in [2.75, 3.05) is 23.7 Å². The van der Waals surface area contributed by atoms with E-state index >= 15 is 0 Å². The van der Waals surface area contributed by atoms with Gasteiger partial charge in [-0.15, -0.1) is 0 Å². The smallest absolute Gasteiger partial charge is 0.337 e. The van der Waals surface area contributed by atoms with E-state index in [4.69, 9.17) is 11.5 Å². The molecule has 0 bridgehead atoms. The van der Waals surface area contributed by atoms with E-state index in [0.717, 1.165) is 12.8 Å². The zero-order valence-electron chi connectivity index (χ0n) is 10.5. The number of rotatable bonds is 3.